The van der Waals surface area contributed by atoms with Crippen molar-refractivity contribution in [2.24, 2.45) is 0 Å². The van der Waals surface area contributed by atoms with E-state index >= 15 is 0 Å². The highest BCUT2D eigenvalue weighted by molar-refractivity contribution is 7.99. The second kappa shape index (κ2) is 15.9. The van der Waals surface area contributed by atoms with Crippen LogP contribution < -0.4 is 10.4 Å². The summed E-state index contributed by atoms with van der Waals surface area (Å²) in [5.41, 5.74) is -0.667. The van der Waals surface area contributed by atoms with Crippen LogP contribution in [0.4, 0.5) is 0 Å². The molecule has 10 atom stereocenters. The first-order chi connectivity index (χ1) is 26.1. The third-order valence-corrected chi connectivity index (χ3v) is 16.7. The Hall–Kier alpha value is -2.66. The number of carbonyl (C=O) groups is 1. The van der Waals surface area contributed by atoms with Gasteiger partial charge in [-0.05, 0) is 55.2 Å². The lowest BCUT2D eigenvalue weighted by molar-refractivity contribution is -0.291. The van der Waals surface area contributed by atoms with Gasteiger partial charge in [0.2, 0.25) is 0 Å². The minimum absolute atomic E-state index is 0.00632. The first-order valence-corrected chi connectivity index (χ1v) is 21.8. The third-order valence-electron chi connectivity index (χ3n) is 10.5. The molecule has 3 aromatic rings. The summed E-state index contributed by atoms with van der Waals surface area (Å²) in [5.74, 6) is -2.39. The van der Waals surface area contributed by atoms with Gasteiger partial charge in [0.25, 0.3) is 8.32 Å². The van der Waals surface area contributed by atoms with Gasteiger partial charge < -0.3 is 47.4 Å². The van der Waals surface area contributed by atoms with Crippen molar-refractivity contribution in [2.45, 2.75) is 137 Å². The van der Waals surface area contributed by atoms with Crippen molar-refractivity contribution < 1.29 is 52.2 Å². The second-order valence-corrected chi connectivity index (χ2v) is 21.9. The van der Waals surface area contributed by atoms with E-state index in [1.807, 2.05) is 94.4 Å². The van der Waals surface area contributed by atoms with Crippen molar-refractivity contribution in [3.8, 4) is 0 Å². The van der Waals surface area contributed by atoms with Crippen LogP contribution in [-0.4, -0.2) is 105 Å². The van der Waals surface area contributed by atoms with E-state index in [1.165, 1.54) is 18.7 Å². The van der Waals surface area contributed by atoms with Gasteiger partial charge in [-0.2, -0.15) is 0 Å². The fraction of sp³-hybridized carbons (Fsp3) is 0.548. The van der Waals surface area contributed by atoms with Crippen molar-refractivity contribution in [3.63, 3.8) is 0 Å². The largest absolute Gasteiger partial charge is 0.463 e. The molecule has 4 fully saturated rings. The lowest BCUT2D eigenvalue weighted by Crippen LogP contribution is -2.71. The molecule has 0 bridgehead atoms. The van der Waals surface area contributed by atoms with Crippen molar-refractivity contribution in [1.82, 2.24) is 0 Å². The number of hydrogen-bond acceptors (Lipinski definition) is 12. The molecule has 11 nitrogen and oxygen atoms in total. The zero-order valence-electron chi connectivity index (χ0n) is 32.8. The maximum Gasteiger partial charge on any atom is 0.302 e. The van der Waals surface area contributed by atoms with E-state index in [2.05, 4.69) is 45.0 Å². The number of aliphatic hydroxyl groups excluding tert-OH is 1. The molecular weight excluding hydrogens is 741 g/mol. The lowest BCUT2D eigenvalue weighted by atomic mass is 9.99. The van der Waals surface area contributed by atoms with Crippen LogP contribution >= 0.6 is 11.8 Å². The SMILES string of the molecule is CC(=O)OC[C@H]1O[C@H](OC[C@H]2O[C@@H](Sc3ccccc3)[C@H](O)[C@H]3OC(C)(C)O[C@H]32)[C@H](O[Si](c2ccccc2)(c2ccccc2)C(C)(C)C)[C@H]2OC(C)(C)O[C@H]21. The molecule has 1 N–H and O–H groups in total. The monoisotopic (exact) mass is 794 g/mol. The van der Waals surface area contributed by atoms with E-state index < -0.39 is 86.4 Å². The Balaban J connectivity index is 1.26. The summed E-state index contributed by atoms with van der Waals surface area (Å²) in [5, 5.41) is 13.3. The van der Waals surface area contributed by atoms with Crippen LogP contribution in [0.25, 0.3) is 0 Å². The minimum atomic E-state index is -3.21. The van der Waals surface area contributed by atoms with Gasteiger partial charge in [-0.25, -0.2) is 0 Å². The van der Waals surface area contributed by atoms with E-state index in [0.29, 0.717) is 0 Å². The molecule has 298 valence electrons. The fourth-order valence-corrected chi connectivity index (χ4v) is 14.0. The zero-order valence-corrected chi connectivity index (χ0v) is 34.6. The standard InChI is InChI=1S/C42H54O11SSi/c1-26(43)45-24-30-34-36(52-42(7,8)50-34)37(53-55(40(2,3)4,28-20-14-10-15-21-28)29-22-16-11-17-23-29)38(47-30)46-25-31-33-35(51-41(5,6)49-33)32(44)39(48-31)54-27-18-12-9-13-19-27/h9-23,30-39,44H,24-25H2,1-8H3/t30-,31-,32-,33+,34+,35-,36+,37-,38+,39+/m1/s1. The highest BCUT2D eigenvalue weighted by Gasteiger charge is 2.62. The molecule has 0 aliphatic carbocycles. The first-order valence-electron chi connectivity index (χ1n) is 19.0. The number of esters is 1. The van der Waals surface area contributed by atoms with Gasteiger partial charge in [0.15, 0.2) is 17.9 Å². The number of thioether (sulfide) groups is 1. The van der Waals surface area contributed by atoms with Crippen LogP contribution in [0.1, 0.15) is 55.4 Å². The van der Waals surface area contributed by atoms with Gasteiger partial charge in [0.1, 0.15) is 60.9 Å². The molecule has 7 rings (SSSR count). The van der Waals surface area contributed by atoms with Crippen LogP contribution in [0.2, 0.25) is 5.04 Å². The highest BCUT2D eigenvalue weighted by atomic mass is 32.2. The minimum Gasteiger partial charge on any atom is -0.463 e. The summed E-state index contributed by atoms with van der Waals surface area (Å²) in [6.07, 6.45) is -6.77. The maximum absolute atomic E-state index is 12.1. The van der Waals surface area contributed by atoms with Crippen molar-refractivity contribution in [1.29, 1.82) is 0 Å². The molecule has 4 heterocycles. The molecule has 55 heavy (non-hydrogen) atoms. The number of rotatable bonds is 11. The number of fused-ring (bicyclic) bond motifs is 2. The smallest absolute Gasteiger partial charge is 0.302 e. The average Bonchev–Trinajstić information content (AvgIpc) is 3.66. The molecular formula is C42H54O11SSi. The highest BCUT2D eigenvalue weighted by Crippen LogP contribution is 2.45. The van der Waals surface area contributed by atoms with Crippen molar-refractivity contribution in [3.05, 3.63) is 91.0 Å². The fourth-order valence-electron chi connectivity index (χ4n) is 8.23. The van der Waals surface area contributed by atoms with Gasteiger partial charge in [-0.1, -0.05) is 111 Å². The molecule has 4 aliphatic rings. The van der Waals surface area contributed by atoms with Crippen LogP contribution in [-0.2, 0) is 47.1 Å². The van der Waals surface area contributed by atoms with Crippen LogP contribution in [0.5, 0.6) is 0 Å². The predicted molar refractivity (Wildman–Crippen MR) is 208 cm³/mol. The van der Waals surface area contributed by atoms with E-state index in [1.54, 1.807) is 0 Å². The van der Waals surface area contributed by atoms with E-state index in [9.17, 15) is 9.90 Å². The van der Waals surface area contributed by atoms with Crippen LogP contribution in [0.15, 0.2) is 95.9 Å². The Labute approximate surface area is 329 Å². The maximum atomic E-state index is 12.1. The van der Waals surface area contributed by atoms with Crippen molar-refractivity contribution >= 4 is 36.4 Å². The van der Waals surface area contributed by atoms with Gasteiger partial charge in [0, 0.05) is 11.8 Å². The molecule has 4 aliphatic heterocycles. The number of benzene rings is 3. The molecule has 0 spiro atoms. The summed E-state index contributed by atoms with van der Waals surface area (Å²) < 4.78 is 59.3. The summed E-state index contributed by atoms with van der Waals surface area (Å²) in [7, 11) is -3.21. The molecule has 0 amide bonds. The third kappa shape index (κ3) is 8.49. The summed E-state index contributed by atoms with van der Waals surface area (Å²) in [4.78, 5) is 13.0. The van der Waals surface area contributed by atoms with Gasteiger partial charge >= 0.3 is 5.97 Å². The van der Waals surface area contributed by atoms with Crippen LogP contribution in [0, 0.1) is 0 Å². The Morgan fingerprint density at radius 2 is 1.22 bits per heavy atom. The summed E-state index contributed by atoms with van der Waals surface area (Å²) in [6, 6.07) is 30.5. The Morgan fingerprint density at radius 1 is 0.727 bits per heavy atom. The quantitative estimate of drug-likeness (QED) is 0.204. The van der Waals surface area contributed by atoms with Gasteiger partial charge in [-0.15, -0.1) is 0 Å². The molecule has 3 aromatic carbocycles. The Bertz CT molecular complexity index is 1700. The zero-order chi connectivity index (χ0) is 39.2. The van der Waals surface area contributed by atoms with E-state index in [4.69, 9.17) is 42.3 Å². The van der Waals surface area contributed by atoms with E-state index in [-0.39, 0.29) is 18.3 Å². The molecule has 0 unspecified atom stereocenters. The lowest BCUT2D eigenvalue weighted by Gasteiger charge is -2.50. The number of ether oxygens (including phenoxy) is 8. The molecule has 4 saturated heterocycles. The summed E-state index contributed by atoms with van der Waals surface area (Å²) in [6.45, 7) is 15.3. The number of carbonyl (C=O) groups excluding carboxylic acids is 1. The predicted octanol–water partition coefficient (Wildman–Crippen LogP) is 5.15. The Morgan fingerprint density at radius 3 is 1.76 bits per heavy atom. The van der Waals surface area contributed by atoms with Crippen LogP contribution in [0.3, 0.4) is 0 Å². The van der Waals surface area contributed by atoms with Gasteiger partial charge in [0.05, 0.1) is 6.61 Å². The topological polar surface area (TPSA) is 120 Å². The average molecular weight is 795 g/mol. The van der Waals surface area contributed by atoms with E-state index in [0.717, 1.165) is 15.3 Å². The molecule has 0 saturated carbocycles. The first kappa shape index (κ1) is 40.5. The number of aliphatic hydroxyl groups is 1. The molecule has 0 aromatic heterocycles. The Kier molecular flexibility index (Phi) is 11.7. The second-order valence-electron chi connectivity index (χ2n) is 16.5. The number of hydrogen-bond donors (Lipinski definition) is 1. The summed E-state index contributed by atoms with van der Waals surface area (Å²) >= 11 is 1.42. The van der Waals surface area contributed by atoms with Crippen molar-refractivity contribution in [2.75, 3.05) is 13.2 Å². The normalized spacial score (nSPS) is 32.7. The van der Waals surface area contributed by atoms with Gasteiger partial charge in [-0.3, -0.25) is 4.79 Å². The molecule has 13 heteroatoms. The molecule has 0 radical (unpaired) electrons.